The van der Waals surface area contributed by atoms with Crippen LogP contribution < -0.4 is 10.1 Å². The highest BCUT2D eigenvalue weighted by Gasteiger charge is 2.16. The largest absolute Gasteiger partial charge is 0.506 e. The molecule has 2 N–H and O–H groups in total. The van der Waals surface area contributed by atoms with E-state index >= 15 is 0 Å². The third-order valence-corrected chi connectivity index (χ3v) is 3.74. The fourth-order valence-corrected chi connectivity index (χ4v) is 2.56. The van der Waals surface area contributed by atoms with E-state index in [0.29, 0.717) is 12.6 Å². The minimum absolute atomic E-state index is 0.187. The van der Waals surface area contributed by atoms with E-state index in [0.717, 1.165) is 17.1 Å². The summed E-state index contributed by atoms with van der Waals surface area (Å²) in [6.45, 7) is 0.628. The summed E-state index contributed by atoms with van der Waals surface area (Å²) in [6, 6.07) is 11.5. The molecule has 4 heteroatoms. The third-order valence-electron chi connectivity index (χ3n) is 3.74. The Bertz CT molecular complexity index is 560. The molecular formula is C17H20N2O2. The standard InChI is InChI=1S/C17H20N2O2/c20-15-8-5-14(19-12-15)11-18-13-6-9-17(10-7-13)21-16-3-1-2-4-16/h5-10,12,16,18,20H,1-4,11H2. The molecule has 0 bridgehead atoms. The average molecular weight is 284 g/mol. The van der Waals surface area contributed by atoms with Gasteiger partial charge < -0.3 is 15.2 Å². The summed E-state index contributed by atoms with van der Waals surface area (Å²) in [6.07, 6.45) is 6.76. The van der Waals surface area contributed by atoms with Crippen molar-refractivity contribution in [3.05, 3.63) is 48.3 Å². The third kappa shape index (κ3) is 3.88. The van der Waals surface area contributed by atoms with Gasteiger partial charge in [-0.2, -0.15) is 0 Å². The smallest absolute Gasteiger partial charge is 0.133 e. The lowest BCUT2D eigenvalue weighted by molar-refractivity contribution is 0.210. The molecule has 21 heavy (non-hydrogen) atoms. The number of rotatable bonds is 5. The molecule has 0 unspecified atom stereocenters. The number of pyridine rings is 1. The van der Waals surface area contributed by atoms with Gasteiger partial charge in [0.2, 0.25) is 0 Å². The number of benzene rings is 1. The van der Waals surface area contributed by atoms with Crippen LogP contribution in [0.5, 0.6) is 11.5 Å². The summed E-state index contributed by atoms with van der Waals surface area (Å²) in [7, 11) is 0. The fraction of sp³-hybridized carbons (Fsp3) is 0.353. The summed E-state index contributed by atoms with van der Waals surface area (Å²) >= 11 is 0. The molecule has 0 radical (unpaired) electrons. The van der Waals surface area contributed by atoms with E-state index in [-0.39, 0.29) is 5.75 Å². The van der Waals surface area contributed by atoms with Crippen molar-refractivity contribution in [1.29, 1.82) is 0 Å². The van der Waals surface area contributed by atoms with Crippen molar-refractivity contribution in [2.75, 3.05) is 5.32 Å². The Balaban J connectivity index is 1.52. The lowest BCUT2D eigenvalue weighted by Gasteiger charge is -2.13. The second-order valence-electron chi connectivity index (χ2n) is 5.41. The monoisotopic (exact) mass is 284 g/mol. The highest BCUT2D eigenvalue weighted by atomic mass is 16.5. The van der Waals surface area contributed by atoms with Gasteiger partial charge in [0, 0.05) is 5.69 Å². The first kappa shape index (κ1) is 13.7. The Morgan fingerprint density at radius 1 is 1.10 bits per heavy atom. The zero-order valence-electron chi connectivity index (χ0n) is 12.0. The molecule has 1 aliphatic carbocycles. The predicted molar refractivity (Wildman–Crippen MR) is 82.6 cm³/mol. The van der Waals surface area contributed by atoms with Crippen LogP contribution in [0.3, 0.4) is 0 Å². The first-order valence-electron chi connectivity index (χ1n) is 7.44. The average Bonchev–Trinajstić information content (AvgIpc) is 3.01. The van der Waals surface area contributed by atoms with Crippen molar-refractivity contribution in [3.8, 4) is 11.5 Å². The Morgan fingerprint density at radius 2 is 1.86 bits per heavy atom. The quantitative estimate of drug-likeness (QED) is 0.878. The Labute approximate surface area is 124 Å². The molecule has 0 amide bonds. The normalized spacial score (nSPS) is 15.0. The fourth-order valence-electron chi connectivity index (χ4n) is 2.56. The number of hydrogen-bond acceptors (Lipinski definition) is 4. The van der Waals surface area contributed by atoms with Gasteiger partial charge in [-0.1, -0.05) is 0 Å². The Hall–Kier alpha value is -2.23. The predicted octanol–water partition coefficient (Wildman–Crippen LogP) is 3.72. The van der Waals surface area contributed by atoms with Crippen molar-refractivity contribution in [3.63, 3.8) is 0 Å². The molecule has 1 aromatic carbocycles. The van der Waals surface area contributed by atoms with Gasteiger partial charge in [-0.05, 0) is 62.1 Å². The van der Waals surface area contributed by atoms with Gasteiger partial charge in [0.15, 0.2) is 0 Å². The van der Waals surface area contributed by atoms with Crippen LogP contribution in [0.2, 0.25) is 0 Å². The number of nitrogens with one attached hydrogen (secondary N) is 1. The van der Waals surface area contributed by atoms with E-state index in [1.54, 1.807) is 12.1 Å². The van der Waals surface area contributed by atoms with Gasteiger partial charge in [0.25, 0.3) is 0 Å². The van der Waals surface area contributed by atoms with Crippen LogP contribution in [-0.4, -0.2) is 16.2 Å². The van der Waals surface area contributed by atoms with E-state index in [1.807, 2.05) is 24.3 Å². The summed E-state index contributed by atoms with van der Waals surface area (Å²) < 4.78 is 5.94. The Morgan fingerprint density at radius 3 is 2.52 bits per heavy atom. The van der Waals surface area contributed by atoms with Crippen LogP contribution in [0.15, 0.2) is 42.6 Å². The summed E-state index contributed by atoms with van der Waals surface area (Å²) in [5, 5.41) is 12.5. The van der Waals surface area contributed by atoms with Crippen molar-refractivity contribution in [1.82, 2.24) is 4.98 Å². The number of anilines is 1. The molecule has 4 nitrogen and oxygen atoms in total. The molecule has 1 fully saturated rings. The molecule has 1 heterocycles. The molecule has 0 saturated heterocycles. The minimum atomic E-state index is 0.187. The second-order valence-corrected chi connectivity index (χ2v) is 5.41. The molecule has 0 atom stereocenters. The van der Waals surface area contributed by atoms with Crippen LogP contribution in [0.1, 0.15) is 31.4 Å². The summed E-state index contributed by atoms with van der Waals surface area (Å²) in [4.78, 5) is 4.14. The topological polar surface area (TPSA) is 54.4 Å². The van der Waals surface area contributed by atoms with Gasteiger partial charge in [-0.25, -0.2) is 0 Å². The van der Waals surface area contributed by atoms with E-state index < -0.39 is 0 Å². The first-order valence-corrected chi connectivity index (χ1v) is 7.44. The lowest BCUT2D eigenvalue weighted by Crippen LogP contribution is -2.10. The summed E-state index contributed by atoms with van der Waals surface area (Å²) in [5.41, 5.74) is 1.92. The number of aromatic hydroxyl groups is 1. The van der Waals surface area contributed by atoms with E-state index in [9.17, 15) is 5.11 Å². The molecule has 0 aliphatic heterocycles. The van der Waals surface area contributed by atoms with Crippen LogP contribution >= 0.6 is 0 Å². The zero-order chi connectivity index (χ0) is 14.5. The zero-order valence-corrected chi connectivity index (χ0v) is 12.0. The molecule has 1 aliphatic rings. The van der Waals surface area contributed by atoms with Gasteiger partial charge >= 0.3 is 0 Å². The molecular weight excluding hydrogens is 264 g/mol. The van der Waals surface area contributed by atoms with E-state index in [4.69, 9.17) is 4.74 Å². The van der Waals surface area contributed by atoms with Crippen LogP contribution in [0.25, 0.3) is 0 Å². The van der Waals surface area contributed by atoms with Crippen LogP contribution in [0.4, 0.5) is 5.69 Å². The Kier molecular flexibility index (Phi) is 4.24. The maximum absolute atomic E-state index is 9.19. The molecule has 3 rings (SSSR count). The SMILES string of the molecule is Oc1ccc(CNc2ccc(OC3CCCC3)cc2)nc1. The van der Waals surface area contributed by atoms with E-state index in [2.05, 4.69) is 10.3 Å². The van der Waals surface area contributed by atoms with Crippen LogP contribution in [0, 0.1) is 0 Å². The number of hydrogen-bond donors (Lipinski definition) is 2. The number of aromatic nitrogens is 1. The molecule has 2 aromatic rings. The van der Waals surface area contributed by atoms with Crippen molar-refractivity contribution in [2.24, 2.45) is 0 Å². The molecule has 1 aromatic heterocycles. The minimum Gasteiger partial charge on any atom is -0.506 e. The van der Waals surface area contributed by atoms with Crippen molar-refractivity contribution >= 4 is 5.69 Å². The second kappa shape index (κ2) is 6.48. The first-order chi connectivity index (χ1) is 10.3. The number of nitrogens with zero attached hydrogens (tertiary/aromatic N) is 1. The van der Waals surface area contributed by atoms with Crippen LogP contribution in [-0.2, 0) is 6.54 Å². The highest BCUT2D eigenvalue weighted by molar-refractivity contribution is 5.46. The molecule has 1 saturated carbocycles. The van der Waals surface area contributed by atoms with Gasteiger partial charge in [0.05, 0.1) is 24.5 Å². The van der Waals surface area contributed by atoms with Gasteiger partial charge in [-0.15, -0.1) is 0 Å². The molecule has 0 spiro atoms. The van der Waals surface area contributed by atoms with Crippen molar-refractivity contribution < 1.29 is 9.84 Å². The number of ether oxygens (including phenoxy) is 1. The van der Waals surface area contributed by atoms with E-state index in [1.165, 1.54) is 31.9 Å². The molecule has 110 valence electrons. The lowest BCUT2D eigenvalue weighted by atomic mass is 10.2. The maximum Gasteiger partial charge on any atom is 0.133 e. The van der Waals surface area contributed by atoms with Gasteiger partial charge in [-0.3, -0.25) is 4.98 Å². The highest BCUT2D eigenvalue weighted by Crippen LogP contribution is 2.25. The van der Waals surface area contributed by atoms with Crippen molar-refractivity contribution in [2.45, 2.75) is 38.3 Å². The van der Waals surface area contributed by atoms with Gasteiger partial charge in [0.1, 0.15) is 11.5 Å². The maximum atomic E-state index is 9.19. The summed E-state index contributed by atoms with van der Waals surface area (Å²) in [5.74, 6) is 1.13.